The maximum Gasteiger partial charge on any atom is 0.149 e. The Balaban J connectivity index is 2.95. The van der Waals surface area contributed by atoms with Gasteiger partial charge in [0.25, 0.3) is 0 Å². The number of anilines is 1. The Hall–Kier alpha value is -0.720. The molecular formula is C13H22N2O2S2. The van der Waals surface area contributed by atoms with Crippen molar-refractivity contribution in [2.75, 3.05) is 36.3 Å². The van der Waals surface area contributed by atoms with E-state index in [0.29, 0.717) is 13.1 Å². The van der Waals surface area contributed by atoms with Crippen LogP contribution in [0.15, 0.2) is 23.1 Å². The molecule has 0 aliphatic rings. The molecule has 0 amide bonds. The van der Waals surface area contributed by atoms with Gasteiger partial charge in [0.15, 0.2) is 0 Å². The van der Waals surface area contributed by atoms with E-state index in [1.165, 1.54) is 11.2 Å². The smallest absolute Gasteiger partial charge is 0.149 e. The lowest BCUT2D eigenvalue weighted by Gasteiger charge is -2.23. The summed E-state index contributed by atoms with van der Waals surface area (Å²) in [5, 5.41) is 0. The van der Waals surface area contributed by atoms with E-state index in [0.717, 1.165) is 17.0 Å². The third-order valence-electron chi connectivity index (χ3n) is 2.82. The van der Waals surface area contributed by atoms with E-state index in [2.05, 4.69) is 13.0 Å². The van der Waals surface area contributed by atoms with E-state index < -0.39 is 9.84 Å². The highest BCUT2D eigenvalue weighted by Crippen LogP contribution is 2.29. The highest BCUT2D eigenvalue weighted by atomic mass is 32.2. The van der Waals surface area contributed by atoms with Crippen molar-refractivity contribution >= 4 is 27.3 Å². The quantitative estimate of drug-likeness (QED) is 0.777. The van der Waals surface area contributed by atoms with Crippen LogP contribution in [0.25, 0.3) is 0 Å². The summed E-state index contributed by atoms with van der Waals surface area (Å²) in [4.78, 5) is 3.14. The molecular weight excluding hydrogens is 280 g/mol. The summed E-state index contributed by atoms with van der Waals surface area (Å²) in [5.74, 6) is 1.14. The largest absolute Gasteiger partial charge is 0.373 e. The van der Waals surface area contributed by atoms with Gasteiger partial charge in [0.2, 0.25) is 0 Å². The fourth-order valence-corrected chi connectivity index (χ4v) is 3.28. The molecule has 0 saturated heterocycles. The van der Waals surface area contributed by atoms with Crippen molar-refractivity contribution in [3.63, 3.8) is 0 Å². The van der Waals surface area contributed by atoms with Crippen LogP contribution >= 0.6 is 11.8 Å². The maximum atomic E-state index is 11.2. The number of rotatable bonds is 7. The molecule has 108 valence electrons. The average molecular weight is 302 g/mol. The fraction of sp³-hybridized carbons (Fsp3) is 0.538. The topological polar surface area (TPSA) is 63.4 Å². The van der Waals surface area contributed by atoms with Crippen molar-refractivity contribution in [2.24, 2.45) is 5.73 Å². The summed E-state index contributed by atoms with van der Waals surface area (Å²) in [6.07, 6.45) is 1.26. The first-order valence-corrected chi connectivity index (χ1v) is 9.27. The number of nitrogens with zero attached hydrogens (tertiary/aromatic N) is 1. The lowest BCUT2D eigenvalue weighted by Crippen LogP contribution is -2.26. The van der Waals surface area contributed by atoms with Gasteiger partial charge in [0, 0.05) is 42.5 Å². The monoisotopic (exact) mass is 302 g/mol. The zero-order chi connectivity index (χ0) is 14.5. The molecule has 0 aromatic heterocycles. The Morgan fingerprint density at radius 3 is 2.58 bits per heavy atom. The molecule has 19 heavy (non-hydrogen) atoms. The number of hydrogen-bond donors (Lipinski definition) is 1. The number of sulfone groups is 1. The standard InChI is InChI=1S/C13H22N2O2S2/c1-4-18-13-7-5-6-12(11(13)10-14)15(2)8-9-19(3,16)17/h5-7H,4,8-10,14H2,1-3H3. The number of benzene rings is 1. The first-order chi connectivity index (χ1) is 8.89. The van der Waals surface area contributed by atoms with Gasteiger partial charge in [-0.2, -0.15) is 0 Å². The molecule has 2 N–H and O–H groups in total. The molecule has 0 unspecified atom stereocenters. The van der Waals surface area contributed by atoms with E-state index >= 15 is 0 Å². The second kappa shape index (κ2) is 7.17. The second-order valence-electron chi connectivity index (χ2n) is 4.44. The first-order valence-electron chi connectivity index (χ1n) is 6.22. The lowest BCUT2D eigenvalue weighted by molar-refractivity contribution is 0.601. The highest BCUT2D eigenvalue weighted by Gasteiger charge is 2.12. The summed E-state index contributed by atoms with van der Waals surface area (Å²) >= 11 is 1.76. The summed E-state index contributed by atoms with van der Waals surface area (Å²) in [6, 6.07) is 6.04. The van der Waals surface area contributed by atoms with E-state index in [9.17, 15) is 8.42 Å². The molecule has 0 radical (unpaired) electrons. The van der Waals surface area contributed by atoms with Crippen LogP contribution in [0.3, 0.4) is 0 Å². The van der Waals surface area contributed by atoms with Crippen LogP contribution in [0.4, 0.5) is 5.69 Å². The minimum absolute atomic E-state index is 0.151. The van der Waals surface area contributed by atoms with Crippen molar-refractivity contribution in [1.82, 2.24) is 0 Å². The normalized spacial score (nSPS) is 11.6. The van der Waals surface area contributed by atoms with Crippen LogP contribution in [-0.4, -0.2) is 39.8 Å². The molecule has 0 aliphatic heterocycles. The van der Waals surface area contributed by atoms with Gasteiger partial charge < -0.3 is 10.6 Å². The number of hydrogen-bond acceptors (Lipinski definition) is 5. The van der Waals surface area contributed by atoms with E-state index in [-0.39, 0.29) is 5.75 Å². The molecule has 0 bridgehead atoms. The predicted molar refractivity (Wildman–Crippen MR) is 83.7 cm³/mol. The minimum Gasteiger partial charge on any atom is -0.373 e. The summed E-state index contributed by atoms with van der Waals surface area (Å²) in [7, 11) is -1.04. The maximum absolute atomic E-state index is 11.2. The van der Waals surface area contributed by atoms with E-state index in [1.54, 1.807) is 11.8 Å². The van der Waals surface area contributed by atoms with Crippen molar-refractivity contribution in [1.29, 1.82) is 0 Å². The molecule has 1 rings (SSSR count). The molecule has 6 heteroatoms. The van der Waals surface area contributed by atoms with Gasteiger partial charge >= 0.3 is 0 Å². The van der Waals surface area contributed by atoms with Crippen molar-refractivity contribution in [3.8, 4) is 0 Å². The minimum atomic E-state index is -2.95. The van der Waals surface area contributed by atoms with Crippen molar-refractivity contribution < 1.29 is 8.42 Å². The van der Waals surface area contributed by atoms with Crippen LogP contribution in [0.5, 0.6) is 0 Å². The third-order valence-corrected chi connectivity index (χ3v) is 4.73. The van der Waals surface area contributed by atoms with Crippen molar-refractivity contribution in [2.45, 2.75) is 18.4 Å². The highest BCUT2D eigenvalue weighted by molar-refractivity contribution is 7.99. The van der Waals surface area contributed by atoms with Gasteiger partial charge in [-0.15, -0.1) is 11.8 Å². The molecule has 4 nitrogen and oxygen atoms in total. The van der Waals surface area contributed by atoms with Crippen LogP contribution in [0, 0.1) is 0 Å². The van der Waals surface area contributed by atoms with E-state index in [1.807, 2.05) is 24.1 Å². The fourth-order valence-electron chi connectivity index (χ4n) is 1.83. The Bertz CT molecular complexity index is 515. The van der Waals surface area contributed by atoms with Gasteiger partial charge in [-0.1, -0.05) is 13.0 Å². The van der Waals surface area contributed by atoms with Gasteiger partial charge in [0.05, 0.1) is 5.75 Å². The molecule has 1 aromatic carbocycles. The molecule has 0 aliphatic carbocycles. The summed E-state index contributed by atoms with van der Waals surface area (Å²) in [5.41, 5.74) is 7.95. The molecule has 0 spiro atoms. The Morgan fingerprint density at radius 1 is 1.37 bits per heavy atom. The van der Waals surface area contributed by atoms with Gasteiger partial charge in [-0.3, -0.25) is 0 Å². The molecule has 0 fully saturated rings. The Labute approximate surface area is 120 Å². The molecule has 0 heterocycles. The summed E-state index contributed by atoms with van der Waals surface area (Å²) < 4.78 is 22.5. The lowest BCUT2D eigenvalue weighted by atomic mass is 10.1. The van der Waals surface area contributed by atoms with Gasteiger partial charge in [0.1, 0.15) is 9.84 Å². The van der Waals surface area contributed by atoms with Crippen LogP contribution < -0.4 is 10.6 Å². The average Bonchev–Trinajstić information content (AvgIpc) is 2.35. The van der Waals surface area contributed by atoms with Gasteiger partial charge in [-0.25, -0.2) is 8.42 Å². The zero-order valence-electron chi connectivity index (χ0n) is 11.7. The number of thioether (sulfide) groups is 1. The van der Waals surface area contributed by atoms with Crippen molar-refractivity contribution in [3.05, 3.63) is 23.8 Å². The molecule has 1 aromatic rings. The SMILES string of the molecule is CCSc1cccc(N(C)CCS(C)(=O)=O)c1CN. The third kappa shape index (κ3) is 5.04. The Kier molecular flexibility index (Phi) is 6.16. The Morgan fingerprint density at radius 2 is 2.05 bits per heavy atom. The van der Waals surface area contributed by atoms with Gasteiger partial charge in [-0.05, 0) is 17.9 Å². The van der Waals surface area contributed by atoms with Crippen LogP contribution in [0.2, 0.25) is 0 Å². The predicted octanol–water partition coefficient (Wildman–Crippen LogP) is 1.74. The first kappa shape index (κ1) is 16.3. The molecule has 0 saturated carbocycles. The van der Waals surface area contributed by atoms with Crippen LogP contribution in [-0.2, 0) is 16.4 Å². The molecule has 0 atom stereocenters. The second-order valence-corrected chi connectivity index (χ2v) is 8.01. The number of nitrogens with two attached hydrogens (primary N) is 1. The zero-order valence-corrected chi connectivity index (χ0v) is 13.4. The summed E-state index contributed by atoms with van der Waals surface area (Å²) in [6.45, 7) is 3.04. The van der Waals surface area contributed by atoms with Crippen LogP contribution in [0.1, 0.15) is 12.5 Å². The van der Waals surface area contributed by atoms with E-state index in [4.69, 9.17) is 5.73 Å².